The summed E-state index contributed by atoms with van der Waals surface area (Å²) in [6, 6.07) is 0. The van der Waals surface area contributed by atoms with Crippen LogP contribution in [0.2, 0.25) is 0 Å². The van der Waals surface area contributed by atoms with Gasteiger partial charge in [0.15, 0.2) is 0 Å². The minimum atomic E-state index is -0.701. The molecule has 0 aliphatic carbocycles. The van der Waals surface area contributed by atoms with Crippen LogP contribution in [0, 0.1) is 5.92 Å². The quantitative estimate of drug-likeness (QED) is 0.417. The Morgan fingerprint density at radius 1 is 0.944 bits per heavy atom. The van der Waals surface area contributed by atoms with Crippen LogP contribution in [0.3, 0.4) is 0 Å². The minimum absolute atomic E-state index is 0.278. The Balaban J connectivity index is 3.25. The fourth-order valence-corrected chi connectivity index (χ4v) is 1.68. The zero-order valence-corrected chi connectivity index (χ0v) is 11.9. The van der Waals surface area contributed by atoms with Gasteiger partial charge in [-0.2, -0.15) is 0 Å². The lowest BCUT2D eigenvalue weighted by Gasteiger charge is -2.00. The molecule has 1 N–H and O–H groups in total. The summed E-state index contributed by atoms with van der Waals surface area (Å²) in [5, 5.41) is 8.46. The van der Waals surface area contributed by atoms with Crippen molar-refractivity contribution in [2.45, 2.75) is 65.2 Å². The van der Waals surface area contributed by atoms with Crippen molar-refractivity contribution in [1.82, 2.24) is 0 Å². The van der Waals surface area contributed by atoms with Crippen molar-refractivity contribution in [1.29, 1.82) is 0 Å². The van der Waals surface area contributed by atoms with Crippen LogP contribution >= 0.6 is 0 Å². The molecule has 104 valence electrons. The van der Waals surface area contributed by atoms with E-state index in [-0.39, 0.29) is 6.42 Å². The van der Waals surface area contributed by atoms with E-state index in [4.69, 9.17) is 5.11 Å². The van der Waals surface area contributed by atoms with Crippen molar-refractivity contribution >= 4 is 5.97 Å². The van der Waals surface area contributed by atoms with Crippen LogP contribution in [0.25, 0.3) is 0 Å². The van der Waals surface area contributed by atoms with Crippen LogP contribution in [0.15, 0.2) is 24.3 Å². The molecule has 0 aromatic heterocycles. The lowest BCUT2D eigenvalue weighted by Crippen LogP contribution is -1.92. The average molecular weight is 252 g/mol. The predicted molar refractivity (Wildman–Crippen MR) is 77.7 cm³/mol. The Bertz CT molecular complexity index is 252. The fourth-order valence-electron chi connectivity index (χ4n) is 1.68. The molecule has 0 unspecified atom stereocenters. The van der Waals surface area contributed by atoms with Gasteiger partial charge < -0.3 is 5.11 Å². The zero-order chi connectivity index (χ0) is 13.6. The summed E-state index contributed by atoms with van der Waals surface area (Å²) in [5.74, 6) is 0.111. The van der Waals surface area contributed by atoms with Gasteiger partial charge in [0.1, 0.15) is 0 Å². The van der Waals surface area contributed by atoms with Gasteiger partial charge in [0, 0.05) is 6.42 Å². The van der Waals surface area contributed by atoms with Gasteiger partial charge in [-0.1, -0.05) is 44.6 Å². The Hall–Kier alpha value is -1.05. The number of allylic oxidation sites excluding steroid dienone is 4. The number of carboxylic acid groups (broad SMARTS) is 1. The first-order valence-electron chi connectivity index (χ1n) is 7.14. The first kappa shape index (κ1) is 16.9. The molecule has 0 fully saturated rings. The maximum absolute atomic E-state index is 10.3. The second-order valence-corrected chi connectivity index (χ2v) is 5.13. The maximum Gasteiger partial charge on any atom is 0.303 e. The SMILES string of the molecule is CC(C)CCCC=CCCC=CCCCC(=O)O. The average Bonchev–Trinajstić information content (AvgIpc) is 2.29. The molecule has 2 nitrogen and oxygen atoms in total. The smallest absolute Gasteiger partial charge is 0.303 e. The Kier molecular flexibility index (Phi) is 11.7. The molecule has 0 saturated carbocycles. The molecular formula is C16H28O2. The topological polar surface area (TPSA) is 37.3 Å². The number of rotatable bonds is 11. The van der Waals surface area contributed by atoms with E-state index < -0.39 is 5.97 Å². The molecule has 2 heteroatoms. The number of carboxylic acids is 1. The first-order chi connectivity index (χ1) is 8.63. The largest absolute Gasteiger partial charge is 0.481 e. The van der Waals surface area contributed by atoms with Crippen molar-refractivity contribution in [3.05, 3.63) is 24.3 Å². The molecule has 0 saturated heterocycles. The highest BCUT2D eigenvalue weighted by Gasteiger charge is 1.93. The van der Waals surface area contributed by atoms with Gasteiger partial charge >= 0.3 is 5.97 Å². The molecule has 0 radical (unpaired) electrons. The Morgan fingerprint density at radius 3 is 1.94 bits per heavy atom. The highest BCUT2D eigenvalue weighted by atomic mass is 16.4. The van der Waals surface area contributed by atoms with Gasteiger partial charge in [-0.15, -0.1) is 0 Å². The van der Waals surface area contributed by atoms with Crippen LogP contribution in [-0.4, -0.2) is 11.1 Å². The number of hydrogen-bond acceptors (Lipinski definition) is 1. The second-order valence-electron chi connectivity index (χ2n) is 5.13. The molecule has 0 bridgehead atoms. The fraction of sp³-hybridized carbons (Fsp3) is 0.688. The highest BCUT2D eigenvalue weighted by molar-refractivity contribution is 5.66. The van der Waals surface area contributed by atoms with Crippen LogP contribution in [0.1, 0.15) is 65.2 Å². The maximum atomic E-state index is 10.3. The molecule has 0 amide bonds. The van der Waals surface area contributed by atoms with Gasteiger partial charge in [-0.3, -0.25) is 4.79 Å². The molecule has 0 atom stereocenters. The molecule has 0 aliphatic heterocycles. The van der Waals surface area contributed by atoms with Crippen molar-refractivity contribution in [2.24, 2.45) is 5.92 Å². The van der Waals surface area contributed by atoms with E-state index >= 15 is 0 Å². The summed E-state index contributed by atoms with van der Waals surface area (Å²) in [7, 11) is 0. The highest BCUT2D eigenvalue weighted by Crippen LogP contribution is 2.07. The van der Waals surface area contributed by atoms with E-state index in [1.54, 1.807) is 0 Å². The van der Waals surface area contributed by atoms with Crippen molar-refractivity contribution in [2.75, 3.05) is 0 Å². The standard InChI is InChI=1S/C16H28O2/c1-15(2)13-11-9-7-5-3-4-6-8-10-12-14-16(17)18/h5-8,15H,3-4,9-14H2,1-2H3,(H,17,18). The number of carbonyl (C=O) groups is 1. The Labute approximate surface area is 112 Å². The van der Waals surface area contributed by atoms with Gasteiger partial charge in [0.05, 0.1) is 0 Å². The summed E-state index contributed by atoms with van der Waals surface area (Å²) < 4.78 is 0. The molecule has 0 aromatic carbocycles. The molecule has 0 aromatic rings. The van der Waals surface area contributed by atoms with E-state index in [1.165, 1.54) is 19.3 Å². The molecule has 0 spiro atoms. The molecule has 0 aliphatic rings. The third-order valence-electron chi connectivity index (χ3n) is 2.75. The van der Waals surface area contributed by atoms with Gasteiger partial charge in [-0.05, 0) is 44.4 Å². The first-order valence-corrected chi connectivity index (χ1v) is 7.14. The van der Waals surface area contributed by atoms with Crippen molar-refractivity contribution < 1.29 is 9.90 Å². The van der Waals surface area contributed by atoms with Gasteiger partial charge in [0.2, 0.25) is 0 Å². The second kappa shape index (κ2) is 12.4. The van der Waals surface area contributed by atoms with Crippen LogP contribution in [0.4, 0.5) is 0 Å². The minimum Gasteiger partial charge on any atom is -0.481 e. The molecular weight excluding hydrogens is 224 g/mol. The van der Waals surface area contributed by atoms with E-state index in [0.717, 1.165) is 31.6 Å². The number of unbranched alkanes of at least 4 members (excludes halogenated alkanes) is 3. The van der Waals surface area contributed by atoms with E-state index in [0.29, 0.717) is 0 Å². The summed E-state index contributed by atoms with van der Waals surface area (Å²) in [4.78, 5) is 10.3. The lowest BCUT2D eigenvalue weighted by molar-refractivity contribution is -0.137. The predicted octanol–water partition coefficient (Wildman–Crippen LogP) is 4.96. The monoisotopic (exact) mass is 252 g/mol. The van der Waals surface area contributed by atoms with E-state index in [9.17, 15) is 4.79 Å². The van der Waals surface area contributed by atoms with Crippen LogP contribution in [0.5, 0.6) is 0 Å². The normalized spacial score (nSPS) is 11.9. The van der Waals surface area contributed by atoms with Crippen LogP contribution in [-0.2, 0) is 4.79 Å². The summed E-state index contributed by atoms with van der Waals surface area (Å²) in [6.45, 7) is 4.53. The number of hydrogen-bond donors (Lipinski definition) is 1. The summed E-state index contributed by atoms with van der Waals surface area (Å²) in [5.41, 5.74) is 0. The molecule has 0 heterocycles. The van der Waals surface area contributed by atoms with E-state index in [1.807, 2.05) is 0 Å². The third-order valence-corrected chi connectivity index (χ3v) is 2.75. The zero-order valence-electron chi connectivity index (χ0n) is 11.9. The third kappa shape index (κ3) is 14.9. The van der Waals surface area contributed by atoms with Gasteiger partial charge in [-0.25, -0.2) is 0 Å². The van der Waals surface area contributed by atoms with E-state index in [2.05, 4.69) is 38.2 Å². The van der Waals surface area contributed by atoms with Crippen LogP contribution < -0.4 is 0 Å². The summed E-state index contributed by atoms with van der Waals surface area (Å²) >= 11 is 0. The Morgan fingerprint density at radius 2 is 1.44 bits per heavy atom. The van der Waals surface area contributed by atoms with Crippen molar-refractivity contribution in [3.63, 3.8) is 0 Å². The summed E-state index contributed by atoms with van der Waals surface area (Å²) in [6.07, 6.45) is 16.6. The molecule has 0 rings (SSSR count). The van der Waals surface area contributed by atoms with Crippen molar-refractivity contribution in [3.8, 4) is 0 Å². The number of aliphatic carboxylic acids is 1. The lowest BCUT2D eigenvalue weighted by atomic mass is 10.1. The van der Waals surface area contributed by atoms with Gasteiger partial charge in [0.25, 0.3) is 0 Å². The molecule has 18 heavy (non-hydrogen) atoms.